The standard InChI is InChI=1S/C19H13F6NO4S/c1-10-7-11(3-5-15(10)30-19(23,24)25)17-13(9-29-26-17)18(21,22)12-4-6-16(14(20)8-12)31(2,27)28/h3-9H,1-2H3. The van der Waals surface area contributed by atoms with Crippen LogP contribution in [0.5, 0.6) is 5.75 Å². The number of hydrogen-bond acceptors (Lipinski definition) is 5. The van der Waals surface area contributed by atoms with Gasteiger partial charge in [-0.1, -0.05) is 11.2 Å². The van der Waals surface area contributed by atoms with Crippen LogP contribution in [-0.4, -0.2) is 26.2 Å². The fourth-order valence-electron chi connectivity index (χ4n) is 2.86. The minimum Gasteiger partial charge on any atom is -0.406 e. The lowest BCUT2D eigenvalue weighted by atomic mass is 9.97. The van der Waals surface area contributed by atoms with E-state index in [1.807, 2.05) is 0 Å². The maximum atomic E-state index is 15.1. The highest BCUT2D eigenvalue weighted by Crippen LogP contribution is 2.42. The Labute approximate surface area is 172 Å². The van der Waals surface area contributed by atoms with E-state index in [4.69, 9.17) is 0 Å². The third-order valence-electron chi connectivity index (χ3n) is 4.28. The van der Waals surface area contributed by atoms with Gasteiger partial charge in [-0.25, -0.2) is 12.8 Å². The highest BCUT2D eigenvalue weighted by molar-refractivity contribution is 7.90. The lowest BCUT2D eigenvalue weighted by molar-refractivity contribution is -0.274. The molecule has 0 aliphatic carbocycles. The van der Waals surface area contributed by atoms with Gasteiger partial charge in [-0.05, 0) is 42.8 Å². The molecule has 0 saturated carbocycles. The van der Waals surface area contributed by atoms with Crippen molar-refractivity contribution in [2.24, 2.45) is 0 Å². The molecule has 166 valence electrons. The first-order chi connectivity index (χ1) is 14.2. The van der Waals surface area contributed by atoms with E-state index in [2.05, 4.69) is 14.4 Å². The monoisotopic (exact) mass is 465 g/mol. The summed E-state index contributed by atoms with van der Waals surface area (Å²) < 4.78 is 113. The number of rotatable bonds is 5. The van der Waals surface area contributed by atoms with Crippen LogP contribution in [0.4, 0.5) is 26.3 Å². The number of aromatic nitrogens is 1. The number of sulfone groups is 1. The van der Waals surface area contributed by atoms with Gasteiger partial charge in [-0.15, -0.1) is 13.2 Å². The highest BCUT2D eigenvalue weighted by Gasteiger charge is 2.40. The van der Waals surface area contributed by atoms with E-state index in [1.54, 1.807) is 0 Å². The Balaban J connectivity index is 2.03. The van der Waals surface area contributed by atoms with E-state index in [0.29, 0.717) is 18.4 Å². The Morgan fingerprint density at radius 2 is 1.71 bits per heavy atom. The molecule has 5 nitrogen and oxygen atoms in total. The Hall–Kier alpha value is -3.02. The molecule has 12 heteroatoms. The maximum absolute atomic E-state index is 15.1. The van der Waals surface area contributed by atoms with E-state index in [1.165, 1.54) is 6.92 Å². The number of benzene rings is 2. The predicted molar refractivity (Wildman–Crippen MR) is 95.9 cm³/mol. The minimum atomic E-state index is -4.93. The SMILES string of the molecule is Cc1cc(-c2nocc2C(F)(F)c2ccc(S(C)(=O)=O)c(F)c2)ccc1OC(F)(F)F. The molecule has 0 radical (unpaired) electrons. The molecule has 1 aromatic heterocycles. The molecule has 31 heavy (non-hydrogen) atoms. The second-order valence-electron chi connectivity index (χ2n) is 6.60. The molecule has 0 spiro atoms. The zero-order valence-electron chi connectivity index (χ0n) is 15.8. The van der Waals surface area contributed by atoms with Gasteiger partial charge in [-0.3, -0.25) is 0 Å². The largest absolute Gasteiger partial charge is 0.573 e. The molecule has 2 aromatic carbocycles. The van der Waals surface area contributed by atoms with Crippen molar-refractivity contribution < 1.29 is 44.0 Å². The molecule has 0 atom stereocenters. The Kier molecular flexibility index (Phi) is 5.55. The summed E-state index contributed by atoms with van der Waals surface area (Å²) in [5, 5.41) is 3.50. The number of aryl methyl sites for hydroxylation is 1. The summed E-state index contributed by atoms with van der Waals surface area (Å²) >= 11 is 0. The minimum absolute atomic E-state index is 0.00341. The van der Waals surface area contributed by atoms with E-state index in [0.717, 1.165) is 30.5 Å². The van der Waals surface area contributed by atoms with Crippen molar-refractivity contribution in [2.45, 2.75) is 24.1 Å². The van der Waals surface area contributed by atoms with Crippen LogP contribution in [0, 0.1) is 12.7 Å². The zero-order chi connectivity index (χ0) is 23.2. The van der Waals surface area contributed by atoms with Gasteiger partial charge in [0.25, 0.3) is 0 Å². The van der Waals surface area contributed by atoms with Crippen molar-refractivity contribution in [3.05, 3.63) is 65.2 Å². The molecule has 0 bridgehead atoms. The summed E-state index contributed by atoms with van der Waals surface area (Å²) in [5.74, 6) is -5.74. The summed E-state index contributed by atoms with van der Waals surface area (Å²) in [7, 11) is -3.97. The molecule has 0 aliphatic rings. The molecule has 0 amide bonds. The van der Waals surface area contributed by atoms with Gasteiger partial charge >= 0.3 is 12.3 Å². The van der Waals surface area contributed by atoms with Gasteiger partial charge in [0, 0.05) is 17.4 Å². The predicted octanol–water partition coefficient (Wildman–Crippen LogP) is 5.23. The van der Waals surface area contributed by atoms with Crippen LogP contribution < -0.4 is 4.74 Å². The van der Waals surface area contributed by atoms with E-state index >= 15 is 8.78 Å². The van der Waals surface area contributed by atoms with Crippen LogP contribution in [0.1, 0.15) is 16.7 Å². The van der Waals surface area contributed by atoms with Crippen molar-refractivity contribution in [1.29, 1.82) is 0 Å². The first-order valence-corrected chi connectivity index (χ1v) is 10.3. The summed E-state index contributed by atoms with van der Waals surface area (Å²) in [5.41, 5.74) is -2.04. The number of halogens is 6. The Bertz CT molecular complexity index is 1230. The molecular formula is C19H13F6NO4S. The second-order valence-corrected chi connectivity index (χ2v) is 8.58. The molecule has 1 heterocycles. The average molecular weight is 465 g/mol. The van der Waals surface area contributed by atoms with Gasteiger partial charge in [0.05, 0.1) is 5.56 Å². The summed E-state index contributed by atoms with van der Waals surface area (Å²) in [6.07, 6.45) is -3.58. The fraction of sp³-hybridized carbons (Fsp3) is 0.211. The third-order valence-corrected chi connectivity index (χ3v) is 5.41. The molecule has 0 fully saturated rings. The summed E-state index contributed by atoms with van der Waals surface area (Å²) in [4.78, 5) is -0.742. The summed E-state index contributed by atoms with van der Waals surface area (Å²) in [6, 6.07) is 5.02. The van der Waals surface area contributed by atoms with Crippen LogP contribution >= 0.6 is 0 Å². The Morgan fingerprint density at radius 3 is 2.26 bits per heavy atom. The van der Waals surface area contributed by atoms with Crippen molar-refractivity contribution in [3.8, 4) is 17.0 Å². The average Bonchev–Trinajstić information content (AvgIpc) is 3.12. The molecule has 3 aromatic rings. The fourth-order valence-corrected chi connectivity index (χ4v) is 3.58. The van der Waals surface area contributed by atoms with E-state index < -0.39 is 49.7 Å². The van der Waals surface area contributed by atoms with Crippen molar-refractivity contribution in [3.63, 3.8) is 0 Å². The molecule has 0 aliphatic heterocycles. The van der Waals surface area contributed by atoms with Gasteiger partial charge < -0.3 is 9.26 Å². The number of ether oxygens (including phenoxy) is 1. The van der Waals surface area contributed by atoms with Crippen LogP contribution in [0.3, 0.4) is 0 Å². The van der Waals surface area contributed by atoms with Gasteiger partial charge in [0.2, 0.25) is 0 Å². The van der Waals surface area contributed by atoms with E-state index in [-0.39, 0.29) is 16.8 Å². The van der Waals surface area contributed by atoms with Gasteiger partial charge in [0.1, 0.15) is 28.4 Å². The van der Waals surface area contributed by atoms with Gasteiger partial charge in [0.15, 0.2) is 9.84 Å². The van der Waals surface area contributed by atoms with Crippen LogP contribution in [0.25, 0.3) is 11.3 Å². The number of nitrogens with zero attached hydrogens (tertiary/aromatic N) is 1. The van der Waals surface area contributed by atoms with Crippen molar-refractivity contribution in [2.75, 3.05) is 6.26 Å². The second kappa shape index (κ2) is 7.59. The molecule has 3 rings (SSSR count). The topological polar surface area (TPSA) is 69.4 Å². The third kappa shape index (κ3) is 4.68. The van der Waals surface area contributed by atoms with Crippen LogP contribution in [0.2, 0.25) is 0 Å². The zero-order valence-corrected chi connectivity index (χ0v) is 16.6. The highest BCUT2D eigenvalue weighted by atomic mass is 32.2. The lowest BCUT2D eigenvalue weighted by Gasteiger charge is -2.17. The lowest BCUT2D eigenvalue weighted by Crippen LogP contribution is -2.18. The first kappa shape index (κ1) is 22.7. The molecular weight excluding hydrogens is 452 g/mol. The van der Waals surface area contributed by atoms with Crippen molar-refractivity contribution >= 4 is 9.84 Å². The molecule has 0 unspecified atom stereocenters. The quantitative estimate of drug-likeness (QED) is 0.483. The number of alkyl halides is 5. The van der Waals surface area contributed by atoms with Crippen LogP contribution in [0.15, 0.2) is 52.1 Å². The maximum Gasteiger partial charge on any atom is 0.573 e. The molecule has 0 saturated heterocycles. The number of hydrogen-bond donors (Lipinski definition) is 0. The normalized spacial score (nSPS) is 12.8. The Morgan fingerprint density at radius 1 is 1.03 bits per heavy atom. The molecule has 0 N–H and O–H groups in total. The first-order valence-electron chi connectivity index (χ1n) is 8.39. The van der Waals surface area contributed by atoms with E-state index in [9.17, 15) is 26.0 Å². The van der Waals surface area contributed by atoms with Gasteiger partial charge in [-0.2, -0.15) is 8.78 Å². The smallest absolute Gasteiger partial charge is 0.406 e. The van der Waals surface area contributed by atoms with Crippen molar-refractivity contribution in [1.82, 2.24) is 5.16 Å². The van der Waals surface area contributed by atoms with Crippen LogP contribution in [-0.2, 0) is 15.8 Å². The summed E-state index contributed by atoms with van der Waals surface area (Å²) in [6.45, 7) is 1.28.